The maximum atomic E-state index is 13.6. The zero-order valence-electron chi connectivity index (χ0n) is 32.1. The molecule has 16 heteroatoms. The Hall–Kier alpha value is -4.66. The van der Waals surface area contributed by atoms with E-state index in [1.54, 1.807) is 36.4 Å². The van der Waals surface area contributed by atoms with Crippen LogP contribution in [0.1, 0.15) is 34.8 Å². The van der Waals surface area contributed by atoms with Gasteiger partial charge in [-0.05, 0) is 119 Å². The summed E-state index contributed by atoms with van der Waals surface area (Å²) in [6.07, 6.45) is 2.99. The molecule has 2 aromatic heterocycles. The van der Waals surface area contributed by atoms with E-state index in [2.05, 4.69) is 85.6 Å². The number of carbonyl (C=O) groups is 2. The highest BCUT2D eigenvalue weighted by molar-refractivity contribution is 14.1. The SMILES string of the molecule is CCN(CCNC(=O)c1cnc2cc(I)ccc2n1)CCOc1ccccc1F.CCN(CCNC(=O)c1cnc2cc([125I])ccc2n1)CCOc1ccccc1F. The first kappa shape index (κ1) is 44.4. The van der Waals surface area contributed by atoms with Gasteiger partial charge in [-0.2, -0.15) is 0 Å². The van der Waals surface area contributed by atoms with Crippen molar-refractivity contribution >= 4 is 79.1 Å². The van der Waals surface area contributed by atoms with Crippen LogP contribution in [0.25, 0.3) is 22.1 Å². The van der Waals surface area contributed by atoms with Crippen molar-refractivity contribution in [1.82, 2.24) is 40.4 Å². The fraction of sp³-hybridized carbons (Fsp3) is 0.286. The molecule has 0 spiro atoms. The molecular weight excluding hydrogens is 970 g/mol. The highest BCUT2D eigenvalue weighted by Crippen LogP contribution is 2.17. The largest absolute Gasteiger partial charge is 0.489 e. The van der Waals surface area contributed by atoms with Crippen LogP contribution in [0.5, 0.6) is 11.5 Å². The molecule has 2 heterocycles. The summed E-state index contributed by atoms with van der Waals surface area (Å²) in [5, 5.41) is 5.74. The number of hydrogen-bond acceptors (Lipinski definition) is 10. The number of carbonyl (C=O) groups excluding carboxylic acids is 2. The molecule has 2 amide bonds. The average Bonchev–Trinajstić information content (AvgIpc) is 3.23. The zero-order chi connectivity index (χ0) is 41.3. The van der Waals surface area contributed by atoms with Gasteiger partial charge in [0.2, 0.25) is 0 Å². The van der Waals surface area contributed by atoms with Gasteiger partial charge in [0.1, 0.15) is 24.6 Å². The van der Waals surface area contributed by atoms with Crippen molar-refractivity contribution in [2.24, 2.45) is 0 Å². The number of para-hydroxylation sites is 2. The molecule has 12 nitrogen and oxygen atoms in total. The van der Waals surface area contributed by atoms with E-state index >= 15 is 0 Å². The molecule has 304 valence electrons. The van der Waals surface area contributed by atoms with Gasteiger partial charge >= 0.3 is 0 Å². The van der Waals surface area contributed by atoms with Crippen LogP contribution in [0, 0.1) is 18.8 Å². The molecule has 0 aliphatic carbocycles. The fourth-order valence-electron chi connectivity index (χ4n) is 5.57. The van der Waals surface area contributed by atoms with E-state index in [4.69, 9.17) is 9.47 Å². The molecule has 4 aromatic carbocycles. The normalized spacial score (nSPS) is 11.0. The lowest BCUT2D eigenvalue weighted by Gasteiger charge is -2.20. The molecule has 6 rings (SSSR count). The number of nitrogens with zero attached hydrogens (tertiary/aromatic N) is 6. The summed E-state index contributed by atoms with van der Waals surface area (Å²) < 4.78 is 40.3. The standard InChI is InChI=1S/2C21H22FIN4O2/c2*1-2-27(11-12-29-20-6-4-3-5-16(20)22)10-9-24-21(28)19-14-25-18-13-15(23)7-8-17(18)26-19/h2*3-8,13-14H,2,9-12H2,1H3,(H,24,28)/i23-2;. The Bertz CT molecular complexity index is 2130. The monoisotopic (exact) mass is 1010 g/mol. The molecule has 0 unspecified atom stereocenters. The third kappa shape index (κ3) is 13.7. The summed E-state index contributed by atoms with van der Waals surface area (Å²) in [5.41, 5.74) is 3.51. The second-order valence-corrected chi connectivity index (χ2v) is 15.2. The predicted octanol–water partition coefficient (Wildman–Crippen LogP) is 7.01. The Kier molecular flexibility index (Phi) is 17.7. The van der Waals surface area contributed by atoms with E-state index < -0.39 is 0 Å². The average molecular weight is 1010 g/mol. The minimum Gasteiger partial charge on any atom is -0.489 e. The third-order valence-electron chi connectivity index (χ3n) is 8.80. The number of nitrogens with one attached hydrogen (secondary N) is 2. The number of likely N-dealkylation sites (N-methyl/N-ethyl adjacent to an activating group) is 2. The molecule has 0 fully saturated rings. The zero-order valence-corrected chi connectivity index (χ0v) is 36.5. The van der Waals surface area contributed by atoms with Crippen LogP contribution in [0.15, 0.2) is 97.3 Å². The van der Waals surface area contributed by atoms with Crippen molar-refractivity contribution in [3.05, 3.63) is 127 Å². The van der Waals surface area contributed by atoms with E-state index in [-0.39, 0.29) is 34.9 Å². The van der Waals surface area contributed by atoms with Crippen LogP contribution in [0.4, 0.5) is 8.78 Å². The number of hydrogen-bond donors (Lipinski definition) is 2. The molecule has 0 atom stereocenters. The van der Waals surface area contributed by atoms with Crippen LogP contribution in [-0.2, 0) is 0 Å². The molecule has 0 saturated heterocycles. The van der Waals surface area contributed by atoms with Gasteiger partial charge in [-0.15, -0.1) is 0 Å². The van der Waals surface area contributed by atoms with Crippen LogP contribution in [0.3, 0.4) is 0 Å². The van der Waals surface area contributed by atoms with Crippen molar-refractivity contribution in [3.8, 4) is 11.5 Å². The van der Waals surface area contributed by atoms with Gasteiger partial charge < -0.3 is 20.1 Å². The van der Waals surface area contributed by atoms with Crippen molar-refractivity contribution in [2.45, 2.75) is 13.8 Å². The number of amides is 2. The van der Waals surface area contributed by atoms with Gasteiger partial charge in [-0.25, -0.2) is 18.7 Å². The lowest BCUT2D eigenvalue weighted by atomic mass is 10.3. The molecule has 0 radical (unpaired) electrons. The Morgan fingerprint density at radius 2 is 1.12 bits per heavy atom. The van der Waals surface area contributed by atoms with Gasteiger partial charge in [0.05, 0.1) is 34.5 Å². The van der Waals surface area contributed by atoms with Gasteiger partial charge in [0, 0.05) is 46.4 Å². The van der Waals surface area contributed by atoms with Crippen LogP contribution >= 0.6 is 45.2 Å². The van der Waals surface area contributed by atoms with Crippen molar-refractivity contribution in [2.75, 3.05) is 65.6 Å². The first-order valence-corrected chi connectivity index (χ1v) is 20.9. The van der Waals surface area contributed by atoms with Crippen molar-refractivity contribution in [1.29, 1.82) is 0 Å². The fourth-order valence-corrected chi connectivity index (χ4v) is 6.52. The van der Waals surface area contributed by atoms with Gasteiger partial charge in [-0.3, -0.25) is 29.4 Å². The number of rotatable bonds is 18. The Balaban J connectivity index is 0.000000221. The summed E-state index contributed by atoms with van der Waals surface area (Å²) in [7, 11) is 0. The molecule has 0 aliphatic rings. The number of benzene rings is 4. The summed E-state index contributed by atoms with van der Waals surface area (Å²) in [5.74, 6) is -0.737. The molecular formula is C42H44F2I2N8O4. The molecule has 58 heavy (non-hydrogen) atoms. The van der Waals surface area contributed by atoms with Gasteiger partial charge in [-0.1, -0.05) is 38.1 Å². The first-order chi connectivity index (χ1) is 28.1. The van der Waals surface area contributed by atoms with Gasteiger partial charge in [0.25, 0.3) is 11.8 Å². The number of aromatic nitrogens is 4. The van der Waals surface area contributed by atoms with E-state index in [1.165, 1.54) is 24.5 Å². The van der Waals surface area contributed by atoms with Crippen molar-refractivity contribution < 1.29 is 27.8 Å². The highest BCUT2D eigenvalue weighted by Gasteiger charge is 2.13. The first-order valence-electron chi connectivity index (χ1n) is 18.7. The topological polar surface area (TPSA) is 135 Å². The second-order valence-electron chi connectivity index (χ2n) is 12.7. The second kappa shape index (κ2) is 23.1. The molecule has 6 aromatic rings. The summed E-state index contributed by atoms with van der Waals surface area (Å²) in [4.78, 5) is 46.3. The van der Waals surface area contributed by atoms with E-state index in [0.29, 0.717) is 74.9 Å². The summed E-state index contributed by atoms with van der Waals surface area (Å²) >= 11 is 4.43. The third-order valence-corrected chi connectivity index (χ3v) is 10.1. The lowest BCUT2D eigenvalue weighted by molar-refractivity contribution is 0.0934. The van der Waals surface area contributed by atoms with Crippen LogP contribution < -0.4 is 20.1 Å². The maximum absolute atomic E-state index is 13.6. The quantitative estimate of drug-likeness (QED) is 0.0867. The number of fused-ring (bicyclic) bond motifs is 2. The highest BCUT2D eigenvalue weighted by atomic mass is 127. The minimum absolute atomic E-state index is 0.251. The Labute approximate surface area is 363 Å². The smallest absolute Gasteiger partial charge is 0.271 e. The maximum Gasteiger partial charge on any atom is 0.271 e. The molecule has 0 bridgehead atoms. The van der Waals surface area contributed by atoms with Crippen LogP contribution in [-0.4, -0.2) is 107 Å². The van der Waals surface area contributed by atoms with Gasteiger partial charge in [0.15, 0.2) is 23.1 Å². The lowest BCUT2D eigenvalue weighted by Crippen LogP contribution is -2.37. The number of ether oxygens (including phenoxy) is 2. The Morgan fingerprint density at radius 1 is 0.655 bits per heavy atom. The number of halogens is 4. The molecule has 0 saturated carbocycles. The van der Waals surface area contributed by atoms with E-state index in [0.717, 1.165) is 31.3 Å². The van der Waals surface area contributed by atoms with E-state index in [9.17, 15) is 18.4 Å². The minimum atomic E-state index is -0.367. The summed E-state index contributed by atoms with van der Waals surface area (Å²) in [6, 6.07) is 24.1. The predicted molar refractivity (Wildman–Crippen MR) is 237 cm³/mol. The van der Waals surface area contributed by atoms with Crippen molar-refractivity contribution in [3.63, 3.8) is 0 Å². The van der Waals surface area contributed by atoms with E-state index in [1.807, 2.05) is 50.2 Å². The molecule has 0 aliphatic heterocycles. The Morgan fingerprint density at radius 3 is 1.60 bits per heavy atom. The molecule has 2 N–H and O–H groups in total. The van der Waals surface area contributed by atoms with Crippen LogP contribution in [0.2, 0.25) is 0 Å². The summed E-state index contributed by atoms with van der Waals surface area (Å²) in [6.45, 7) is 9.92.